The van der Waals surface area contributed by atoms with Gasteiger partial charge in [-0.3, -0.25) is 4.79 Å². The Morgan fingerprint density at radius 3 is 2.31 bits per heavy atom. The van der Waals surface area contributed by atoms with Crippen molar-refractivity contribution in [2.24, 2.45) is 5.41 Å². The van der Waals surface area contributed by atoms with Gasteiger partial charge < -0.3 is 10.1 Å². The van der Waals surface area contributed by atoms with Gasteiger partial charge >= 0.3 is 0 Å². The molecule has 0 aromatic heterocycles. The van der Waals surface area contributed by atoms with Crippen molar-refractivity contribution in [3.63, 3.8) is 0 Å². The molecule has 0 radical (unpaired) electrons. The molecule has 1 fully saturated rings. The predicted octanol–water partition coefficient (Wildman–Crippen LogP) is 3.63. The summed E-state index contributed by atoms with van der Waals surface area (Å²) < 4.78 is 32.8. The van der Waals surface area contributed by atoms with Crippen LogP contribution in [0.1, 0.15) is 52.9 Å². The van der Waals surface area contributed by atoms with Gasteiger partial charge in [-0.25, -0.2) is 8.42 Å². The van der Waals surface area contributed by atoms with E-state index in [1.165, 1.54) is 13.2 Å². The van der Waals surface area contributed by atoms with E-state index in [1.54, 1.807) is 16.4 Å². The molecular weight excluding hydrogens is 352 g/mol. The van der Waals surface area contributed by atoms with Crippen molar-refractivity contribution in [2.75, 3.05) is 25.5 Å². The van der Waals surface area contributed by atoms with E-state index in [9.17, 15) is 13.2 Å². The Bertz CT molecular complexity index is 730. The van der Waals surface area contributed by atoms with E-state index in [-0.39, 0.29) is 16.2 Å². The molecule has 1 aromatic carbocycles. The second kappa shape index (κ2) is 8.39. The highest BCUT2D eigenvalue weighted by Crippen LogP contribution is 2.30. The van der Waals surface area contributed by atoms with E-state index < -0.39 is 10.0 Å². The monoisotopic (exact) mass is 382 g/mol. The lowest BCUT2D eigenvalue weighted by molar-refractivity contribution is -0.117. The van der Waals surface area contributed by atoms with Gasteiger partial charge in [0.15, 0.2) is 0 Å². The third-order valence-corrected chi connectivity index (χ3v) is 6.23. The Balaban J connectivity index is 2.28. The van der Waals surface area contributed by atoms with Gasteiger partial charge in [-0.05, 0) is 36.5 Å². The molecule has 1 aromatic rings. The van der Waals surface area contributed by atoms with Crippen LogP contribution in [0.15, 0.2) is 23.1 Å². The van der Waals surface area contributed by atoms with Crippen molar-refractivity contribution in [3.05, 3.63) is 18.2 Å². The highest BCUT2D eigenvalue weighted by Gasteiger charge is 2.26. The average Bonchev–Trinajstić information content (AvgIpc) is 2.82. The highest BCUT2D eigenvalue weighted by atomic mass is 32.2. The number of sulfonamides is 1. The quantitative estimate of drug-likeness (QED) is 0.844. The topological polar surface area (TPSA) is 75.7 Å². The molecule has 0 aliphatic carbocycles. The van der Waals surface area contributed by atoms with Crippen LogP contribution in [0.4, 0.5) is 5.69 Å². The molecule has 1 aliphatic heterocycles. The summed E-state index contributed by atoms with van der Waals surface area (Å²) in [5, 5.41) is 2.80. The van der Waals surface area contributed by atoms with Crippen LogP contribution >= 0.6 is 0 Å². The van der Waals surface area contributed by atoms with Gasteiger partial charge in [0.05, 0.1) is 17.7 Å². The maximum absolute atomic E-state index is 13.0. The van der Waals surface area contributed by atoms with E-state index in [0.717, 1.165) is 25.7 Å². The number of benzene rings is 1. The van der Waals surface area contributed by atoms with Crippen LogP contribution in [0, 0.1) is 5.41 Å². The van der Waals surface area contributed by atoms with E-state index in [4.69, 9.17) is 4.74 Å². The number of amides is 1. The molecule has 1 heterocycles. The minimum absolute atomic E-state index is 0.160. The molecule has 0 saturated carbocycles. The standard InChI is InChI=1S/C19H30N2O4S/c1-19(2,3)14-18(22)20-16-13-15(9-10-17(16)25-4)26(23,24)21-11-7-5-6-8-12-21/h9-10,13H,5-8,11-12,14H2,1-4H3,(H,20,22). The number of hydrogen-bond donors (Lipinski definition) is 1. The van der Waals surface area contributed by atoms with Gasteiger partial charge in [0.1, 0.15) is 5.75 Å². The van der Waals surface area contributed by atoms with E-state index in [2.05, 4.69) is 5.32 Å². The number of carbonyl (C=O) groups excluding carboxylic acids is 1. The molecule has 2 rings (SSSR count). The fourth-order valence-electron chi connectivity index (χ4n) is 3.05. The second-order valence-electron chi connectivity index (χ2n) is 7.97. The van der Waals surface area contributed by atoms with E-state index in [1.807, 2.05) is 20.8 Å². The fourth-order valence-corrected chi connectivity index (χ4v) is 4.60. The van der Waals surface area contributed by atoms with Gasteiger partial charge in [-0.2, -0.15) is 4.31 Å². The summed E-state index contributed by atoms with van der Waals surface area (Å²) in [7, 11) is -2.08. The van der Waals surface area contributed by atoms with Crippen molar-refractivity contribution in [3.8, 4) is 5.75 Å². The lowest BCUT2D eigenvalue weighted by Crippen LogP contribution is -2.32. The molecular formula is C19H30N2O4S. The number of ether oxygens (including phenoxy) is 1. The Morgan fingerprint density at radius 1 is 1.15 bits per heavy atom. The number of carbonyl (C=O) groups is 1. The first-order chi connectivity index (χ1) is 12.1. The van der Waals surface area contributed by atoms with Crippen LogP contribution < -0.4 is 10.1 Å². The fraction of sp³-hybridized carbons (Fsp3) is 0.632. The number of methoxy groups -OCH3 is 1. The second-order valence-corrected chi connectivity index (χ2v) is 9.90. The first-order valence-corrected chi connectivity index (χ1v) is 10.6. The molecule has 1 N–H and O–H groups in total. The molecule has 0 atom stereocenters. The molecule has 1 amide bonds. The summed E-state index contributed by atoms with van der Waals surface area (Å²) in [6, 6.07) is 4.63. The molecule has 26 heavy (non-hydrogen) atoms. The number of rotatable bonds is 5. The van der Waals surface area contributed by atoms with Gasteiger partial charge in [0.25, 0.3) is 0 Å². The van der Waals surface area contributed by atoms with Gasteiger partial charge in [0, 0.05) is 19.5 Å². The third-order valence-electron chi connectivity index (χ3n) is 4.34. The predicted molar refractivity (Wildman–Crippen MR) is 103 cm³/mol. The number of nitrogens with one attached hydrogen (secondary N) is 1. The molecule has 1 saturated heterocycles. The van der Waals surface area contributed by atoms with Crippen LogP contribution in [0.3, 0.4) is 0 Å². The Hall–Kier alpha value is -1.60. The van der Waals surface area contributed by atoms with Gasteiger partial charge in [0.2, 0.25) is 15.9 Å². The summed E-state index contributed by atoms with van der Waals surface area (Å²) in [5.41, 5.74) is 0.227. The largest absolute Gasteiger partial charge is 0.495 e. The molecule has 146 valence electrons. The first kappa shape index (κ1) is 20.7. The van der Waals surface area contributed by atoms with Gasteiger partial charge in [-0.1, -0.05) is 33.6 Å². The van der Waals surface area contributed by atoms with E-state index >= 15 is 0 Å². The lowest BCUT2D eigenvalue weighted by Gasteiger charge is -2.21. The summed E-state index contributed by atoms with van der Waals surface area (Å²) in [6.45, 7) is 7.01. The summed E-state index contributed by atoms with van der Waals surface area (Å²) in [6.07, 6.45) is 4.21. The minimum atomic E-state index is -3.58. The van der Waals surface area contributed by atoms with Crippen LogP contribution in [0.25, 0.3) is 0 Å². The normalized spacial score (nSPS) is 16.8. The van der Waals surface area contributed by atoms with Crippen LogP contribution in [-0.2, 0) is 14.8 Å². The van der Waals surface area contributed by atoms with Crippen molar-refractivity contribution in [1.29, 1.82) is 0 Å². The molecule has 6 nitrogen and oxygen atoms in total. The zero-order valence-electron chi connectivity index (χ0n) is 16.2. The summed E-state index contributed by atoms with van der Waals surface area (Å²) >= 11 is 0. The lowest BCUT2D eigenvalue weighted by atomic mass is 9.92. The third kappa shape index (κ3) is 5.45. The Morgan fingerprint density at radius 2 is 1.77 bits per heavy atom. The van der Waals surface area contributed by atoms with Crippen molar-refractivity contribution in [2.45, 2.75) is 57.8 Å². The molecule has 0 unspecified atom stereocenters. The number of anilines is 1. The van der Waals surface area contributed by atoms with Gasteiger partial charge in [-0.15, -0.1) is 0 Å². The molecule has 0 spiro atoms. The Labute approximate surface area is 157 Å². The summed E-state index contributed by atoms with van der Waals surface area (Å²) in [4.78, 5) is 12.5. The zero-order valence-corrected chi connectivity index (χ0v) is 17.0. The first-order valence-electron chi connectivity index (χ1n) is 9.11. The van der Waals surface area contributed by atoms with Crippen LogP contribution in [0.2, 0.25) is 0 Å². The van der Waals surface area contributed by atoms with Crippen molar-refractivity contribution < 1.29 is 17.9 Å². The molecule has 0 bridgehead atoms. The van der Waals surface area contributed by atoms with Crippen molar-refractivity contribution >= 4 is 21.6 Å². The average molecular weight is 383 g/mol. The van der Waals surface area contributed by atoms with Crippen molar-refractivity contribution in [1.82, 2.24) is 4.31 Å². The molecule has 7 heteroatoms. The Kier molecular flexibility index (Phi) is 6.69. The maximum Gasteiger partial charge on any atom is 0.243 e. The highest BCUT2D eigenvalue weighted by molar-refractivity contribution is 7.89. The number of nitrogens with zero attached hydrogens (tertiary/aromatic N) is 1. The van der Waals surface area contributed by atoms with E-state index in [0.29, 0.717) is 30.9 Å². The van der Waals surface area contributed by atoms with Crippen LogP contribution in [0.5, 0.6) is 5.75 Å². The van der Waals surface area contributed by atoms with Crippen LogP contribution in [-0.4, -0.2) is 38.8 Å². The zero-order chi connectivity index (χ0) is 19.4. The summed E-state index contributed by atoms with van der Waals surface area (Å²) in [5.74, 6) is 0.280. The smallest absolute Gasteiger partial charge is 0.243 e. The molecule has 1 aliphatic rings. The minimum Gasteiger partial charge on any atom is -0.495 e. The maximum atomic E-state index is 13.0. The number of hydrogen-bond acceptors (Lipinski definition) is 4. The SMILES string of the molecule is COc1ccc(S(=O)(=O)N2CCCCCC2)cc1NC(=O)CC(C)(C)C.